The fraction of sp³-hybridized carbons (Fsp3) is 0.350. The lowest BCUT2D eigenvalue weighted by molar-refractivity contribution is -0.138. The fourth-order valence-electron chi connectivity index (χ4n) is 3.19. The molecule has 0 aliphatic heterocycles. The maximum Gasteiger partial charge on any atom is 0.239 e. The molecule has 2 atom stereocenters. The lowest BCUT2D eigenvalue weighted by Crippen LogP contribution is -2.63. The molecule has 0 saturated carbocycles. The monoisotopic (exact) mass is 501 g/mol. The van der Waals surface area contributed by atoms with E-state index < -0.39 is 33.3 Å². The zero-order valence-corrected chi connectivity index (χ0v) is 20.1. The molecule has 174 valence electrons. The van der Waals surface area contributed by atoms with Gasteiger partial charge >= 0.3 is 0 Å². The van der Waals surface area contributed by atoms with Gasteiger partial charge in [0.1, 0.15) is 11.4 Å². The van der Waals surface area contributed by atoms with E-state index >= 15 is 0 Å². The Morgan fingerprint density at radius 2 is 1.81 bits per heavy atom. The van der Waals surface area contributed by atoms with Crippen molar-refractivity contribution in [3.8, 4) is 0 Å². The van der Waals surface area contributed by atoms with Gasteiger partial charge in [0, 0.05) is 19.8 Å². The van der Waals surface area contributed by atoms with Crippen LogP contribution in [0.15, 0.2) is 36.5 Å². The minimum absolute atomic E-state index is 0.0258. The number of pyridine rings is 1. The van der Waals surface area contributed by atoms with Gasteiger partial charge in [-0.1, -0.05) is 35.3 Å². The summed E-state index contributed by atoms with van der Waals surface area (Å²) in [6.07, 6.45) is 2.41. The van der Waals surface area contributed by atoms with Crippen molar-refractivity contribution in [3.63, 3.8) is 0 Å². The van der Waals surface area contributed by atoms with Gasteiger partial charge in [0.05, 0.1) is 22.2 Å². The number of primary amides is 1. The molecule has 2 aromatic rings. The number of amides is 2. The molecule has 2 rings (SSSR count). The van der Waals surface area contributed by atoms with Crippen LogP contribution in [-0.2, 0) is 32.6 Å². The second-order valence-electron chi connectivity index (χ2n) is 7.56. The number of aromatic nitrogens is 1. The van der Waals surface area contributed by atoms with Crippen molar-refractivity contribution in [1.82, 2.24) is 14.6 Å². The number of carbonyl (C=O) groups is 2. The van der Waals surface area contributed by atoms with Gasteiger partial charge in [0.25, 0.3) is 0 Å². The average molecular weight is 502 g/mol. The van der Waals surface area contributed by atoms with E-state index in [4.69, 9.17) is 34.7 Å². The van der Waals surface area contributed by atoms with Gasteiger partial charge in [-0.15, -0.1) is 0 Å². The smallest absolute Gasteiger partial charge is 0.239 e. The van der Waals surface area contributed by atoms with Crippen LogP contribution < -0.4 is 16.8 Å². The Morgan fingerprint density at radius 1 is 1.19 bits per heavy atom. The molecule has 0 aliphatic rings. The Bertz CT molecular complexity index is 1110. The van der Waals surface area contributed by atoms with Crippen LogP contribution in [0, 0.1) is 5.92 Å². The first-order chi connectivity index (χ1) is 14.8. The molecule has 0 bridgehead atoms. The first kappa shape index (κ1) is 25.9. The summed E-state index contributed by atoms with van der Waals surface area (Å²) in [5.41, 5.74) is 10.6. The van der Waals surface area contributed by atoms with Crippen LogP contribution in [0.1, 0.15) is 18.1 Å². The van der Waals surface area contributed by atoms with Crippen LogP contribution in [-0.4, -0.2) is 48.4 Å². The summed E-state index contributed by atoms with van der Waals surface area (Å²) in [5.74, 6) is -2.41. The molecule has 12 heteroatoms. The third-order valence-electron chi connectivity index (χ3n) is 5.38. The molecular formula is C20H25Cl2N5O4S. The molecule has 5 N–H and O–H groups in total. The second kappa shape index (κ2) is 10.0. The fourth-order valence-corrected chi connectivity index (χ4v) is 4.42. The number of benzene rings is 1. The van der Waals surface area contributed by atoms with Gasteiger partial charge in [-0.2, -0.15) is 4.31 Å². The summed E-state index contributed by atoms with van der Waals surface area (Å²) in [4.78, 5) is 29.8. The topological polar surface area (TPSA) is 148 Å². The van der Waals surface area contributed by atoms with E-state index in [0.29, 0.717) is 22.0 Å². The number of likely N-dealkylation sites (N-methyl/N-ethyl adjacent to an activating group) is 1. The zero-order chi connectivity index (χ0) is 24.3. The molecule has 0 radical (unpaired) electrons. The van der Waals surface area contributed by atoms with E-state index in [1.54, 1.807) is 30.3 Å². The van der Waals surface area contributed by atoms with Crippen LogP contribution in [0.5, 0.6) is 0 Å². The van der Waals surface area contributed by atoms with Crippen molar-refractivity contribution in [2.45, 2.75) is 25.4 Å². The molecule has 2 amide bonds. The number of nitrogens with one attached hydrogen (secondary N) is 1. The molecule has 0 aliphatic carbocycles. The summed E-state index contributed by atoms with van der Waals surface area (Å²) in [6.45, 7) is 1.41. The number of rotatable bonds is 9. The number of carbonyl (C=O) groups excluding carboxylic acids is 2. The number of halogens is 2. The highest BCUT2D eigenvalue weighted by molar-refractivity contribution is 7.88. The third kappa shape index (κ3) is 5.89. The van der Waals surface area contributed by atoms with Crippen LogP contribution in [0.2, 0.25) is 10.0 Å². The molecule has 1 aromatic heterocycles. The number of anilines is 1. The maximum atomic E-state index is 13.3. The van der Waals surface area contributed by atoms with Crippen molar-refractivity contribution < 1.29 is 18.0 Å². The summed E-state index contributed by atoms with van der Waals surface area (Å²) in [6, 6.07) is 8.01. The lowest BCUT2D eigenvalue weighted by Gasteiger charge is -2.40. The number of nitrogens with two attached hydrogens (primary N) is 2. The Hall–Kier alpha value is -2.40. The largest absolute Gasteiger partial charge is 0.384 e. The van der Waals surface area contributed by atoms with E-state index in [-0.39, 0.29) is 18.0 Å². The first-order valence-electron chi connectivity index (χ1n) is 9.42. The van der Waals surface area contributed by atoms with Crippen LogP contribution in [0.25, 0.3) is 0 Å². The summed E-state index contributed by atoms with van der Waals surface area (Å²) in [7, 11) is -2.67. The summed E-state index contributed by atoms with van der Waals surface area (Å²) in [5, 5.41) is 3.30. The molecule has 0 fully saturated rings. The van der Waals surface area contributed by atoms with Crippen LogP contribution >= 0.6 is 23.2 Å². The van der Waals surface area contributed by atoms with Gasteiger partial charge in [-0.3, -0.25) is 9.59 Å². The number of hydrogen-bond donors (Lipinski definition) is 3. The van der Waals surface area contributed by atoms with Crippen molar-refractivity contribution >= 4 is 50.9 Å². The third-order valence-corrected chi connectivity index (χ3v) is 7.50. The molecule has 0 saturated heterocycles. The van der Waals surface area contributed by atoms with Crippen LogP contribution in [0.3, 0.4) is 0 Å². The predicted molar refractivity (Wildman–Crippen MR) is 124 cm³/mol. The number of nitrogens with zero attached hydrogens (tertiary/aromatic N) is 2. The normalized spacial score (nSPS) is 14.6. The Kier molecular flexibility index (Phi) is 8.11. The van der Waals surface area contributed by atoms with Gasteiger partial charge in [0.15, 0.2) is 0 Å². The van der Waals surface area contributed by atoms with E-state index in [1.165, 1.54) is 20.2 Å². The quantitative estimate of drug-likeness (QED) is 0.474. The van der Waals surface area contributed by atoms with Gasteiger partial charge in [-0.05, 0) is 42.7 Å². The SMILES string of the molecule is CN(C(C)(C(N)=O)[C@H](Cc1ccc(Cl)c(Cl)c1)C(=O)NCc1ccc(N)nc1)S(C)(=O)=O. The lowest BCUT2D eigenvalue weighted by atomic mass is 9.79. The van der Waals surface area contributed by atoms with E-state index in [0.717, 1.165) is 10.6 Å². The van der Waals surface area contributed by atoms with Gasteiger partial charge in [-0.25, -0.2) is 13.4 Å². The minimum atomic E-state index is -3.88. The number of nitrogen functional groups attached to an aromatic ring is 1. The van der Waals surface area contributed by atoms with Crippen molar-refractivity contribution in [3.05, 3.63) is 57.7 Å². The van der Waals surface area contributed by atoms with Crippen molar-refractivity contribution in [2.24, 2.45) is 11.7 Å². The standard InChI is InChI=1S/C20H25Cl2N5O4S/c1-20(19(24)29,27(2)32(3,30)31)14(8-12-4-6-15(21)16(22)9-12)18(28)26-11-13-5-7-17(23)25-10-13/h4-7,9-10,14H,8,11H2,1-3H3,(H2,23,25)(H2,24,29)(H,26,28)/t14-,20?/m1/s1. The van der Waals surface area contributed by atoms with Gasteiger partial charge < -0.3 is 16.8 Å². The Balaban J connectivity index is 2.46. The highest BCUT2D eigenvalue weighted by Gasteiger charge is 2.50. The van der Waals surface area contributed by atoms with Gasteiger partial charge in [0.2, 0.25) is 21.8 Å². The minimum Gasteiger partial charge on any atom is -0.384 e. The maximum absolute atomic E-state index is 13.3. The number of sulfonamides is 1. The van der Waals surface area contributed by atoms with E-state index in [2.05, 4.69) is 10.3 Å². The molecule has 1 heterocycles. The zero-order valence-electron chi connectivity index (χ0n) is 17.8. The molecular weight excluding hydrogens is 477 g/mol. The average Bonchev–Trinajstić information content (AvgIpc) is 2.72. The van der Waals surface area contributed by atoms with E-state index in [9.17, 15) is 18.0 Å². The summed E-state index contributed by atoms with van der Waals surface area (Å²) >= 11 is 12.1. The highest BCUT2D eigenvalue weighted by atomic mass is 35.5. The van der Waals surface area contributed by atoms with E-state index in [1.807, 2.05) is 0 Å². The Labute approximate surface area is 197 Å². The highest BCUT2D eigenvalue weighted by Crippen LogP contribution is 2.31. The molecule has 1 unspecified atom stereocenters. The van der Waals surface area contributed by atoms with Crippen molar-refractivity contribution in [1.29, 1.82) is 0 Å². The Morgan fingerprint density at radius 3 is 2.31 bits per heavy atom. The second-order valence-corrected chi connectivity index (χ2v) is 10.4. The summed E-state index contributed by atoms with van der Waals surface area (Å²) < 4.78 is 25.4. The first-order valence-corrected chi connectivity index (χ1v) is 12.0. The molecule has 9 nitrogen and oxygen atoms in total. The number of hydrogen-bond acceptors (Lipinski definition) is 6. The predicted octanol–water partition coefficient (Wildman–Crippen LogP) is 1.58. The van der Waals surface area contributed by atoms with Crippen LogP contribution in [0.4, 0.5) is 5.82 Å². The molecule has 1 aromatic carbocycles. The molecule has 32 heavy (non-hydrogen) atoms. The van der Waals surface area contributed by atoms with Crippen molar-refractivity contribution in [2.75, 3.05) is 19.0 Å². The molecule has 0 spiro atoms.